The van der Waals surface area contributed by atoms with E-state index in [1.54, 1.807) is 49.6 Å². The third-order valence-corrected chi connectivity index (χ3v) is 7.03. The van der Waals surface area contributed by atoms with E-state index in [2.05, 4.69) is 5.32 Å². The summed E-state index contributed by atoms with van der Waals surface area (Å²) in [6.45, 7) is 5.29. The van der Waals surface area contributed by atoms with Gasteiger partial charge >= 0.3 is 0 Å². The summed E-state index contributed by atoms with van der Waals surface area (Å²) in [5.41, 5.74) is 0.995. The first-order valence-corrected chi connectivity index (χ1v) is 13.7. The molecule has 0 aliphatic rings. The highest BCUT2D eigenvalue weighted by Crippen LogP contribution is 2.30. The van der Waals surface area contributed by atoms with Gasteiger partial charge in [-0.05, 0) is 49.6 Å². The molecule has 10 heteroatoms. The molecule has 0 aliphatic heterocycles. The van der Waals surface area contributed by atoms with Crippen LogP contribution in [0.15, 0.2) is 48.5 Å². The van der Waals surface area contributed by atoms with E-state index in [1.165, 1.54) is 12.0 Å². The summed E-state index contributed by atoms with van der Waals surface area (Å²) in [6.07, 6.45) is 2.12. The van der Waals surface area contributed by atoms with Crippen molar-refractivity contribution in [3.05, 3.63) is 54.1 Å². The molecule has 0 saturated heterocycles. The van der Waals surface area contributed by atoms with Gasteiger partial charge in [-0.2, -0.15) is 0 Å². The van der Waals surface area contributed by atoms with Crippen LogP contribution in [0.3, 0.4) is 0 Å². The smallest absolute Gasteiger partial charge is 0.244 e. The molecule has 198 valence electrons. The Balaban J connectivity index is 2.49. The molecule has 0 spiro atoms. The molecule has 0 fully saturated rings. The van der Waals surface area contributed by atoms with E-state index in [0.717, 1.165) is 22.5 Å². The largest absolute Gasteiger partial charge is 0.497 e. The normalized spacial score (nSPS) is 12.8. The second kappa shape index (κ2) is 13.2. The maximum absolute atomic E-state index is 13.8. The van der Waals surface area contributed by atoms with Gasteiger partial charge in [-0.25, -0.2) is 8.42 Å². The molecule has 2 atom stereocenters. The molecule has 2 aromatic carbocycles. The fourth-order valence-electron chi connectivity index (χ4n) is 3.76. The number of benzene rings is 2. The molecular weight excluding hydrogens is 482 g/mol. The molecule has 2 rings (SSSR count). The molecule has 0 aromatic heterocycles. The number of carbonyl (C=O) groups excluding carboxylic acids is 2. The summed E-state index contributed by atoms with van der Waals surface area (Å²) < 4.78 is 37.2. The number of hydrogen-bond acceptors (Lipinski definition) is 6. The molecule has 2 aromatic rings. The number of hydrogen-bond donors (Lipinski definition) is 1. The zero-order chi connectivity index (χ0) is 26.9. The van der Waals surface area contributed by atoms with Crippen LogP contribution in [-0.4, -0.2) is 64.2 Å². The maximum atomic E-state index is 13.8. The van der Waals surface area contributed by atoms with Crippen LogP contribution in [0.2, 0.25) is 0 Å². The minimum atomic E-state index is -3.85. The Morgan fingerprint density at radius 3 is 2.28 bits per heavy atom. The molecule has 0 unspecified atom stereocenters. The third-order valence-electron chi connectivity index (χ3n) is 5.91. The SMILES string of the molecule is CC[C@H](C(=O)N[C@@H](C)CC)N(Cc1cccc(OC)c1)C(=O)CN(c1ccccc1OC)S(C)(=O)=O. The minimum Gasteiger partial charge on any atom is -0.497 e. The second-order valence-electron chi connectivity index (χ2n) is 8.56. The summed E-state index contributed by atoms with van der Waals surface area (Å²) in [5, 5.41) is 2.95. The number of para-hydroxylation sites is 2. The number of ether oxygens (including phenoxy) is 2. The highest BCUT2D eigenvalue weighted by molar-refractivity contribution is 7.92. The van der Waals surface area contributed by atoms with Crippen molar-refractivity contribution >= 4 is 27.5 Å². The Kier molecular flexibility index (Phi) is 10.6. The molecule has 0 saturated carbocycles. The summed E-state index contributed by atoms with van der Waals surface area (Å²) in [5.74, 6) is 0.131. The number of rotatable bonds is 13. The molecule has 1 N–H and O–H groups in total. The fraction of sp³-hybridized carbons (Fsp3) is 0.462. The van der Waals surface area contributed by atoms with Gasteiger partial charge < -0.3 is 19.7 Å². The predicted molar refractivity (Wildman–Crippen MR) is 141 cm³/mol. The number of anilines is 1. The van der Waals surface area contributed by atoms with Crippen LogP contribution in [0.4, 0.5) is 5.69 Å². The van der Waals surface area contributed by atoms with Crippen molar-refractivity contribution in [1.29, 1.82) is 0 Å². The van der Waals surface area contributed by atoms with Crippen LogP contribution >= 0.6 is 0 Å². The Hall–Kier alpha value is -3.27. The zero-order valence-corrected chi connectivity index (χ0v) is 22.7. The van der Waals surface area contributed by atoms with Crippen LogP contribution in [-0.2, 0) is 26.2 Å². The topological polar surface area (TPSA) is 105 Å². The van der Waals surface area contributed by atoms with Crippen LogP contribution in [0.25, 0.3) is 0 Å². The standard InChI is InChI=1S/C26H37N3O6S/c1-7-19(3)27-26(31)22(8-2)28(17-20-12-11-13-21(16-20)34-4)25(30)18-29(36(6,32)33)23-14-9-10-15-24(23)35-5/h9-16,19,22H,7-8,17-18H2,1-6H3,(H,27,31)/t19-,22+/m0/s1. The Bertz CT molecular complexity index is 1140. The van der Waals surface area contributed by atoms with Crippen molar-refractivity contribution in [2.75, 3.05) is 31.3 Å². The van der Waals surface area contributed by atoms with Gasteiger partial charge in [-0.3, -0.25) is 13.9 Å². The van der Waals surface area contributed by atoms with E-state index in [0.29, 0.717) is 17.9 Å². The average Bonchev–Trinajstić information content (AvgIpc) is 2.86. The molecule has 9 nitrogen and oxygen atoms in total. The van der Waals surface area contributed by atoms with E-state index in [9.17, 15) is 18.0 Å². The third kappa shape index (κ3) is 7.61. The van der Waals surface area contributed by atoms with E-state index in [1.807, 2.05) is 26.8 Å². The van der Waals surface area contributed by atoms with Gasteiger partial charge in [0.05, 0.1) is 26.2 Å². The van der Waals surface area contributed by atoms with E-state index < -0.39 is 28.5 Å². The fourth-order valence-corrected chi connectivity index (χ4v) is 4.61. The van der Waals surface area contributed by atoms with Crippen LogP contribution in [0, 0.1) is 0 Å². The van der Waals surface area contributed by atoms with Gasteiger partial charge in [0.25, 0.3) is 0 Å². The van der Waals surface area contributed by atoms with Crippen LogP contribution in [0.1, 0.15) is 39.2 Å². The highest BCUT2D eigenvalue weighted by atomic mass is 32.2. The molecule has 0 bridgehead atoms. The molecule has 0 aliphatic carbocycles. The van der Waals surface area contributed by atoms with Gasteiger partial charge in [-0.1, -0.05) is 38.1 Å². The lowest BCUT2D eigenvalue weighted by Crippen LogP contribution is -2.53. The first-order valence-electron chi connectivity index (χ1n) is 11.9. The Labute approximate surface area is 214 Å². The van der Waals surface area contributed by atoms with Gasteiger partial charge in [0.2, 0.25) is 21.8 Å². The number of nitrogens with one attached hydrogen (secondary N) is 1. The lowest BCUT2D eigenvalue weighted by Gasteiger charge is -2.33. The van der Waals surface area contributed by atoms with Gasteiger partial charge in [0.1, 0.15) is 24.1 Å². The minimum absolute atomic E-state index is 0.0681. The second-order valence-corrected chi connectivity index (χ2v) is 10.5. The van der Waals surface area contributed by atoms with E-state index >= 15 is 0 Å². The van der Waals surface area contributed by atoms with Crippen molar-refractivity contribution in [3.8, 4) is 11.5 Å². The quantitative estimate of drug-likeness (QED) is 0.436. The maximum Gasteiger partial charge on any atom is 0.244 e. The molecule has 2 amide bonds. The molecule has 0 heterocycles. The van der Waals surface area contributed by atoms with Crippen molar-refractivity contribution in [2.24, 2.45) is 0 Å². The average molecular weight is 520 g/mol. The number of sulfonamides is 1. The zero-order valence-electron chi connectivity index (χ0n) is 21.9. The summed E-state index contributed by atoms with van der Waals surface area (Å²) in [6, 6.07) is 12.9. The Morgan fingerprint density at radius 2 is 1.69 bits per heavy atom. The van der Waals surface area contributed by atoms with Crippen molar-refractivity contribution in [1.82, 2.24) is 10.2 Å². The molecule has 36 heavy (non-hydrogen) atoms. The first kappa shape index (κ1) is 29.0. The summed E-state index contributed by atoms with van der Waals surface area (Å²) in [7, 11) is -0.871. The molecular formula is C26H37N3O6S. The monoisotopic (exact) mass is 519 g/mol. The first-order chi connectivity index (χ1) is 17.0. The number of nitrogens with zero attached hydrogens (tertiary/aromatic N) is 2. The molecule has 0 radical (unpaired) electrons. The van der Waals surface area contributed by atoms with Crippen LogP contribution in [0.5, 0.6) is 11.5 Å². The van der Waals surface area contributed by atoms with Gasteiger partial charge in [0, 0.05) is 12.6 Å². The van der Waals surface area contributed by atoms with Crippen molar-refractivity contribution < 1.29 is 27.5 Å². The Morgan fingerprint density at radius 1 is 1.00 bits per heavy atom. The lowest BCUT2D eigenvalue weighted by atomic mass is 10.1. The van der Waals surface area contributed by atoms with E-state index in [-0.39, 0.29) is 24.2 Å². The lowest BCUT2D eigenvalue weighted by molar-refractivity contribution is -0.140. The van der Waals surface area contributed by atoms with Crippen molar-refractivity contribution in [2.45, 2.75) is 52.2 Å². The van der Waals surface area contributed by atoms with Gasteiger partial charge in [0.15, 0.2) is 0 Å². The number of methoxy groups -OCH3 is 2. The summed E-state index contributed by atoms with van der Waals surface area (Å²) in [4.78, 5) is 28.4. The van der Waals surface area contributed by atoms with Crippen LogP contribution < -0.4 is 19.1 Å². The van der Waals surface area contributed by atoms with Gasteiger partial charge in [-0.15, -0.1) is 0 Å². The van der Waals surface area contributed by atoms with Crippen molar-refractivity contribution in [3.63, 3.8) is 0 Å². The summed E-state index contributed by atoms with van der Waals surface area (Å²) >= 11 is 0. The predicted octanol–water partition coefficient (Wildman–Crippen LogP) is 3.19. The van der Waals surface area contributed by atoms with E-state index in [4.69, 9.17) is 9.47 Å². The highest BCUT2D eigenvalue weighted by Gasteiger charge is 2.32. The number of amides is 2. The number of carbonyl (C=O) groups is 2.